The van der Waals surface area contributed by atoms with Gasteiger partial charge in [0.25, 0.3) is 0 Å². The van der Waals surface area contributed by atoms with Crippen LogP contribution in [0.4, 0.5) is 18.0 Å². The number of carbonyl (C=O) groups excluding carboxylic acids is 1. The lowest BCUT2D eigenvalue weighted by atomic mass is 9.98. The molecule has 6 N–H and O–H groups in total. The van der Waals surface area contributed by atoms with Gasteiger partial charge in [0.1, 0.15) is 11.4 Å². The minimum atomic E-state index is -4.55. The molecule has 3 rings (SSSR count). The average molecular weight is 540 g/mol. The molecule has 0 aromatic heterocycles. The molecule has 2 aliphatic rings. The molecule has 0 saturated carbocycles. The topological polar surface area (TPSA) is 117 Å². The number of ether oxygens (including phenoxy) is 1. The molecule has 1 amide bonds. The van der Waals surface area contributed by atoms with E-state index in [0.717, 1.165) is 50.9 Å². The van der Waals surface area contributed by atoms with Crippen LogP contribution in [0.15, 0.2) is 35.7 Å². The molecule has 1 atom stereocenters. The molecule has 2 heterocycles. The first-order chi connectivity index (χ1) is 17.6. The van der Waals surface area contributed by atoms with E-state index in [9.17, 15) is 23.1 Å². The summed E-state index contributed by atoms with van der Waals surface area (Å²) in [6.07, 6.45) is 0.525. The van der Waals surface area contributed by atoms with Gasteiger partial charge in [-0.05, 0) is 89.8 Å². The Morgan fingerprint density at radius 3 is 2.37 bits per heavy atom. The summed E-state index contributed by atoms with van der Waals surface area (Å²) >= 11 is 0. The monoisotopic (exact) mass is 539 g/mol. The number of halogens is 3. The Labute approximate surface area is 222 Å². The summed E-state index contributed by atoms with van der Waals surface area (Å²) in [6.45, 7) is 10.4. The first-order valence-corrected chi connectivity index (χ1v) is 13.0. The molecule has 8 nitrogen and oxygen atoms in total. The third kappa shape index (κ3) is 7.96. The summed E-state index contributed by atoms with van der Waals surface area (Å²) in [5.74, 6) is -0.152. The molecule has 0 radical (unpaired) electrons. The Bertz CT molecular complexity index is 1060. The number of alkyl halides is 3. The number of benzene rings is 1. The summed E-state index contributed by atoms with van der Waals surface area (Å²) < 4.78 is 44.2. The van der Waals surface area contributed by atoms with Crippen LogP contribution in [0.5, 0.6) is 5.75 Å². The molecule has 11 heteroatoms. The molecule has 1 aromatic rings. The molecule has 0 bridgehead atoms. The molecule has 1 unspecified atom stereocenters. The molecule has 2 aliphatic heterocycles. The maximum absolute atomic E-state index is 12.9. The van der Waals surface area contributed by atoms with E-state index in [4.69, 9.17) is 16.2 Å². The van der Waals surface area contributed by atoms with E-state index in [2.05, 4.69) is 10.2 Å². The molecular weight excluding hydrogens is 499 g/mol. The fraction of sp³-hybridized carbons (Fsp3) is 0.593. The quantitative estimate of drug-likeness (QED) is 0.411. The van der Waals surface area contributed by atoms with Gasteiger partial charge >= 0.3 is 12.3 Å². The van der Waals surface area contributed by atoms with Crippen LogP contribution in [0.25, 0.3) is 5.70 Å². The van der Waals surface area contributed by atoms with E-state index >= 15 is 0 Å². The standard InChI is InChI=1S/C27H40F3N5O3/c1-17(24(32)21-8-7-18(15-22(21)36)27(28,29)30)14-23(31)33-19-6-5-11-35(16-19)20-9-12-34(13-10-20)25(37)38-26(2,3)4/h7-8,14-15,19-20,33,36H,5-6,9-13,16,31-32H2,1-4H3/b23-14+,24-17-. The van der Waals surface area contributed by atoms with Gasteiger partial charge in [0.2, 0.25) is 0 Å². The normalized spacial score (nSPS) is 21.2. The third-order valence-electron chi connectivity index (χ3n) is 6.87. The van der Waals surface area contributed by atoms with E-state index in [1.54, 1.807) is 17.9 Å². The van der Waals surface area contributed by atoms with Crippen molar-refractivity contribution in [2.45, 2.75) is 77.2 Å². The van der Waals surface area contributed by atoms with Crippen LogP contribution in [0.3, 0.4) is 0 Å². The fourth-order valence-electron chi connectivity index (χ4n) is 4.93. The van der Waals surface area contributed by atoms with Crippen molar-refractivity contribution in [2.24, 2.45) is 11.5 Å². The highest BCUT2D eigenvalue weighted by Crippen LogP contribution is 2.34. The first-order valence-electron chi connectivity index (χ1n) is 13.0. The number of rotatable bonds is 5. The SMILES string of the molecule is CC(/C=C(\N)NC1CCCN(C2CCN(C(=O)OC(C)(C)C)CC2)C1)=C(/N)c1ccc(C(F)(F)F)cc1O. The third-order valence-corrected chi connectivity index (χ3v) is 6.87. The molecule has 0 aliphatic carbocycles. The van der Waals surface area contributed by atoms with E-state index in [1.165, 1.54) is 0 Å². The smallest absolute Gasteiger partial charge is 0.416 e. The lowest BCUT2D eigenvalue weighted by Gasteiger charge is -2.42. The Morgan fingerprint density at radius 2 is 1.79 bits per heavy atom. The molecule has 0 spiro atoms. The van der Waals surface area contributed by atoms with Gasteiger partial charge in [-0.15, -0.1) is 0 Å². The highest BCUT2D eigenvalue weighted by atomic mass is 19.4. The second-order valence-electron chi connectivity index (χ2n) is 11.1. The second-order valence-corrected chi connectivity index (χ2v) is 11.1. The number of allylic oxidation sites excluding steroid dienone is 2. The van der Waals surface area contributed by atoms with Gasteiger partial charge in [0, 0.05) is 43.0 Å². The van der Waals surface area contributed by atoms with Crippen LogP contribution in [-0.4, -0.2) is 64.9 Å². The van der Waals surface area contributed by atoms with E-state index < -0.39 is 23.1 Å². The van der Waals surface area contributed by atoms with Crippen LogP contribution in [-0.2, 0) is 10.9 Å². The van der Waals surface area contributed by atoms with Crippen molar-refractivity contribution in [3.63, 3.8) is 0 Å². The number of phenolic OH excluding ortho intramolecular Hbond substituents is 1. The van der Waals surface area contributed by atoms with Crippen LogP contribution >= 0.6 is 0 Å². The average Bonchev–Trinajstić information content (AvgIpc) is 2.82. The number of piperidine rings is 2. The molecule has 38 heavy (non-hydrogen) atoms. The van der Waals surface area contributed by atoms with E-state index in [1.807, 2.05) is 20.8 Å². The predicted octanol–water partition coefficient (Wildman–Crippen LogP) is 4.35. The van der Waals surface area contributed by atoms with Crippen LogP contribution in [0, 0.1) is 0 Å². The molecule has 2 saturated heterocycles. The minimum Gasteiger partial charge on any atom is -0.507 e. The van der Waals surface area contributed by atoms with Crippen molar-refractivity contribution >= 4 is 11.8 Å². The summed E-state index contributed by atoms with van der Waals surface area (Å²) in [7, 11) is 0. The van der Waals surface area contributed by atoms with E-state index in [-0.39, 0.29) is 23.4 Å². The maximum Gasteiger partial charge on any atom is 0.416 e. The Kier molecular flexibility index (Phi) is 9.12. The highest BCUT2D eigenvalue weighted by Gasteiger charge is 2.33. The maximum atomic E-state index is 12.9. The second kappa shape index (κ2) is 11.8. The lowest BCUT2D eigenvalue weighted by Crippen LogP contribution is -2.53. The number of aromatic hydroxyl groups is 1. The number of nitrogens with one attached hydrogen (secondary N) is 1. The van der Waals surface area contributed by atoms with Crippen molar-refractivity contribution in [3.8, 4) is 5.75 Å². The van der Waals surface area contributed by atoms with Gasteiger partial charge in [-0.1, -0.05) is 0 Å². The Hall–Kier alpha value is -3.08. The number of amides is 1. The summed E-state index contributed by atoms with van der Waals surface area (Å²) in [5.41, 5.74) is 11.7. The zero-order valence-electron chi connectivity index (χ0n) is 22.6. The molecule has 2 fully saturated rings. The van der Waals surface area contributed by atoms with Crippen molar-refractivity contribution in [1.82, 2.24) is 15.1 Å². The highest BCUT2D eigenvalue weighted by molar-refractivity contribution is 5.72. The number of hydrogen-bond acceptors (Lipinski definition) is 7. The predicted molar refractivity (Wildman–Crippen MR) is 141 cm³/mol. The Morgan fingerprint density at radius 1 is 1.13 bits per heavy atom. The number of likely N-dealkylation sites (tertiary alicyclic amines) is 2. The number of nitrogens with two attached hydrogens (primary N) is 2. The number of phenols is 1. The van der Waals surface area contributed by atoms with Crippen molar-refractivity contribution in [2.75, 3.05) is 26.2 Å². The zero-order valence-corrected chi connectivity index (χ0v) is 22.6. The van der Waals surface area contributed by atoms with Gasteiger partial charge in [-0.2, -0.15) is 13.2 Å². The number of hydrogen-bond donors (Lipinski definition) is 4. The largest absolute Gasteiger partial charge is 0.507 e. The number of nitrogens with zero attached hydrogens (tertiary/aromatic N) is 2. The lowest BCUT2D eigenvalue weighted by molar-refractivity contribution is -0.137. The number of carbonyl (C=O) groups is 1. The van der Waals surface area contributed by atoms with Gasteiger partial charge in [0.05, 0.1) is 11.4 Å². The van der Waals surface area contributed by atoms with Gasteiger partial charge in [-0.25, -0.2) is 4.79 Å². The first kappa shape index (κ1) is 29.5. The van der Waals surface area contributed by atoms with Crippen molar-refractivity contribution < 1.29 is 27.8 Å². The summed E-state index contributed by atoms with van der Waals surface area (Å²) in [6, 6.07) is 3.20. The van der Waals surface area contributed by atoms with Gasteiger partial charge in [0.15, 0.2) is 0 Å². The molecule has 1 aromatic carbocycles. The van der Waals surface area contributed by atoms with Gasteiger partial charge < -0.3 is 31.5 Å². The minimum absolute atomic E-state index is 0.112. The summed E-state index contributed by atoms with van der Waals surface area (Å²) in [5, 5.41) is 13.4. The fourth-order valence-corrected chi connectivity index (χ4v) is 4.93. The van der Waals surface area contributed by atoms with Crippen molar-refractivity contribution in [1.29, 1.82) is 0 Å². The molecular formula is C27H40F3N5O3. The van der Waals surface area contributed by atoms with Gasteiger partial charge in [-0.3, -0.25) is 4.90 Å². The summed E-state index contributed by atoms with van der Waals surface area (Å²) in [4.78, 5) is 16.6. The van der Waals surface area contributed by atoms with E-state index in [0.29, 0.717) is 36.6 Å². The Balaban J connectivity index is 1.57. The van der Waals surface area contributed by atoms with Crippen LogP contribution < -0.4 is 16.8 Å². The molecule has 212 valence electrons. The van der Waals surface area contributed by atoms with Crippen molar-refractivity contribution in [3.05, 3.63) is 46.8 Å². The zero-order chi connectivity index (χ0) is 28.3. The van der Waals surface area contributed by atoms with Crippen LogP contribution in [0.1, 0.15) is 64.5 Å². The van der Waals surface area contributed by atoms with Crippen LogP contribution in [0.2, 0.25) is 0 Å².